The zero-order valence-corrected chi connectivity index (χ0v) is 13.6. The lowest BCUT2D eigenvalue weighted by molar-refractivity contribution is 0.247. The van der Waals surface area contributed by atoms with Crippen LogP contribution in [0.4, 0.5) is 0 Å². The first kappa shape index (κ1) is 14.7. The molecule has 21 heavy (non-hydrogen) atoms. The van der Waals surface area contributed by atoms with Crippen molar-refractivity contribution in [2.45, 2.75) is 32.4 Å². The van der Waals surface area contributed by atoms with Gasteiger partial charge in [-0.2, -0.15) is 0 Å². The molecule has 2 aromatic rings. The van der Waals surface area contributed by atoms with Crippen molar-refractivity contribution in [3.63, 3.8) is 0 Å². The lowest BCUT2D eigenvalue weighted by atomic mass is 10.1. The van der Waals surface area contributed by atoms with Gasteiger partial charge in [-0.25, -0.2) is 4.98 Å². The lowest BCUT2D eigenvalue weighted by Gasteiger charge is -2.25. The van der Waals surface area contributed by atoms with Crippen molar-refractivity contribution in [1.29, 1.82) is 0 Å². The minimum absolute atomic E-state index is 0.508. The predicted molar refractivity (Wildman–Crippen MR) is 88.7 cm³/mol. The van der Waals surface area contributed by atoms with E-state index in [0.29, 0.717) is 5.92 Å². The summed E-state index contributed by atoms with van der Waals surface area (Å²) in [5.74, 6) is 0.508. The van der Waals surface area contributed by atoms with Crippen molar-refractivity contribution in [3.05, 3.63) is 51.5 Å². The summed E-state index contributed by atoms with van der Waals surface area (Å²) in [4.78, 5) is 8.86. The Morgan fingerprint density at radius 1 is 1.33 bits per heavy atom. The molecule has 1 aromatic heterocycles. The SMILES string of the molecule is CNCC(C)c1nc2c(s1)CN(Cc1ccccc1)CC2. The van der Waals surface area contributed by atoms with Gasteiger partial charge >= 0.3 is 0 Å². The second-order valence-corrected chi connectivity index (χ2v) is 6.94. The van der Waals surface area contributed by atoms with Crippen LogP contribution in [0.5, 0.6) is 0 Å². The summed E-state index contributed by atoms with van der Waals surface area (Å²) in [5, 5.41) is 4.53. The molecular formula is C17H23N3S. The zero-order chi connectivity index (χ0) is 14.7. The second kappa shape index (κ2) is 6.69. The van der Waals surface area contributed by atoms with E-state index in [9.17, 15) is 0 Å². The van der Waals surface area contributed by atoms with Crippen LogP contribution in [0.3, 0.4) is 0 Å². The number of hydrogen-bond acceptors (Lipinski definition) is 4. The lowest BCUT2D eigenvalue weighted by Crippen LogP contribution is -2.29. The molecule has 1 unspecified atom stereocenters. The molecule has 0 aliphatic carbocycles. The molecule has 0 bridgehead atoms. The molecule has 3 nitrogen and oxygen atoms in total. The number of likely N-dealkylation sites (N-methyl/N-ethyl adjacent to an activating group) is 1. The van der Waals surface area contributed by atoms with Crippen LogP contribution < -0.4 is 5.32 Å². The number of benzene rings is 1. The fourth-order valence-electron chi connectivity index (χ4n) is 2.85. The summed E-state index contributed by atoms with van der Waals surface area (Å²) in [6.45, 7) is 6.46. The Kier molecular flexibility index (Phi) is 4.68. The maximum atomic E-state index is 4.86. The smallest absolute Gasteiger partial charge is 0.0972 e. The summed E-state index contributed by atoms with van der Waals surface area (Å²) in [5.41, 5.74) is 2.73. The van der Waals surface area contributed by atoms with Crippen molar-refractivity contribution in [2.24, 2.45) is 0 Å². The van der Waals surface area contributed by atoms with E-state index >= 15 is 0 Å². The molecule has 1 aliphatic rings. The fraction of sp³-hybridized carbons (Fsp3) is 0.471. The maximum Gasteiger partial charge on any atom is 0.0972 e. The quantitative estimate of drug-likeness (QED) is 0.920. The third-order valence-corrected chi connectivity index (χ3v) is 5.32. The maximum absolute atomic E-state index is 4.86. The highest BCUT2D eigenvalue weighted by molar-refractivity contribution is 7.11. The van der Waals surface area contributed by atoms with Gasteiger partial charge in [0.15, 0.2) is 0 Å². The number of aromatic nitrogens is 1. The van der Waals surface area contributed by atoms with Crippen molar-refractivity contribution < 1.29 is 0 Å². The van der Waals surface area contributed by atoms with Crippen molar-refractivity contribution in [2.75, 3.05) is 20.1 Å². The van der Waals surface area contributed by atoms with Gasteiger partial charge in [-0.3, -0.25) is 4.90 Å². The number of fused-ring (bicyclic) bond motifs is 1. The second-order valence-electron chi connectivity index (χ2n) is 5.83. The van der Waals surface area contributed by atoms with Crippen LogP contribution in [-0.4, -0.2) is 30.0 Å². The summed E-state index contributed by atoms with van der Waals surface area (Å²) < 4.78 is 0. The number of thiazole rings is 1. The van der Waals surface area contributed by atoms with E-state index in [1.165, 1.54) is 21.1 Å². The van der Waals surface area contributed by atoms with Crippen LogP contribution >= 0.6 is 11.3 Å². The third-order valence-electron chi connectivity index (χ3n) is 4.01. The molecule has 0 fully saturated rings. The molecule has 2 heterocycles. The molecule has 0 saturated heterocycles. The number of rotatable bonds is 5. The summed E-state index contributed by atoms with van der Waals surface area (Å²) >= 11 is 1.90. The highest BCUT2D eigenvalue weighted by atomic mass is 32.1. The normalized spacial score (nSPS) is 16.7. The van der Waals surface area contributed by atoms with E-state index in [-0.39, 0.29) is 0 Å². The van der Waals surface area contributed by atoms with E-state index in [1.54, 1.807) is 0 Å². The molecule has 1 aromatic carbocycles. The average Bonchev–Trinajstić information content (AvgIpc) is 2.92. The number of nitrogens with one attached hydrogen (secondary N) is 1. The molecule has 3 rings (SSSR count). The van der Waals surface area contributed by atoms with Crippen LogP contribution in [0, 0.1) is 0 Å². The standard InChI is InChI=1S/C17H23N3S/c1-13(10-18-2)17-19-15-8-9-20(12-16(15)21-17)11-14-6-4-3-5-7-14/h3-7,13,18H,8-12H2,1-2H3. The first-order valence-electron chi connectivity index (χ1n) is 7.65. The van der Waals surface area contributed by atoms with Crippen LogP contribution in [0.15, 0.2) is 30.3 Å². The Balaban J connectivity index is 1.68. The molecule has 4 heteroatoms. The van der Waals surface area contributed by atoms with Gasteiger partial charge in [0, 0.05) is 43.4 Å². The van der Waals surface area contributed by atoms with Crippen LogP contribution in [-0.2, 0) is 19.5 Å². The van der Waals surface area contributed by atoms with Crippen LogP contribution in [0.2, 0.25) is 0 Å². The molecule has 112 valence electrons. The number of hydrogen-bond donors (Lipinski definition) is 1. The van der Waals surface area contributed by atoms with Gasteiger partial charge < -0.3 is 5.32 Å². The van der Waals surface area contributed by atoms with Crippen LogP contribution in [0.25, 0.3) is 0 Å². The van der Waals surface area contributed by atoms with E-state index in [4.69, 9.17) is 4.98 Å². The zero-order valence-electron chi connectivity index (χ0n) is 12.8. The van der Waals surface area contributed by atoms with Gasteiger partial charge in [0.05, 0.1) is 10.7 Å². The van der Waals surface area contributed by atoms with Gasteiger partial charge in [0.1, 0.15) is 0 Å². The largest absolute Gasteiger partial charge is 0.319 e. The molecular weight excluding hydrogens is 278 g/mol. The van der Waals surface area contributed by atoms with E-state index in [1.807, 2.05) is 18.4 Å². The Hall–Kier alpha value is -1.23. The highest BCUT2D eigenvalue weighted by Gasteiger charge is 2.22. The molecule has 1 atom stereocenters. The van der Waals surface area contributed by atoms with Crippen molar-refractivity contribution >= 4 is 11.3 Å². The predicted octanol–water partition coefficient (Wildman–Crippen LogP) is 3.02. The van der Waals surface area contributed by atoms with Gasteiger partial charge in [0.2, 0.25) is 0 Å². The summed E-state index contributed by atoms with van der Waals surface area (Å²) in [7, 11) is 2.01. The molecule has 0 amide bonds. The van der Waals surface area contributed by atoms with Gasteiger partial charge in [-0.15, -0.1) is 11.3 Å². The van der Waals surface area contributed by atoms with E-state index < -0.39 is 0 Å². The average molecular weight is 301 g/mol. The Labute approximate surface area is 131 Å². The van der Waals surface area contributed by atoms with Gasteiger partial charge in [-0.1, -0.05) is 37.3 Å². The number of nitrogens with zero attached hydrogens (tertiary/aromatic N) is 2. The Morgan fingerprint density at radius 2 is 2.14 bits per heavy atom. The minimum Gasteiger partial charge on any atom is -0.319 e. The van der Waals surface area contributed by atoms with E-state index in [2.05, 4.69) is 47.5 Å². The van der Waals surface area contributed by atoms with E-state index in [0.717, 1.165) is 32.6 Å². The van der Waals surface area contributed by atoms with Gasteiger partial charge in [0.25, 0.3) is 0 Å². The van der Waals surface area contributed by atoms with Gasteiger partial charge in [-0.05, 0) is 12.6 Å². The first-order chi connectivity index (χ1) is 10.3. The van der Waals surface area contributed by atoms with Crippen LogP contribution in [0.1, 0.15) is 34.0 Å². The topological polar surface area (TPSA) is 28.2 Å². The highest BCUT2D eigenvalue weighted by Crippen LogP contribution is 2.29. The summed E-state index contributed by atoms with van der Waals surface area (Å²) in [6, 6.07) is 10.7. The molecule has 0 radical (unpaired) electrons. The van der Waals surface area contributed by atoms with Crippen molar-refractivity contribution in [3.8, 4) is 0 Å². The Morgan fingerprint density at radius 3 is 2.90 bits per heavy atom. The summed E-state index contributed by atoms with van der Waals surface area (Å²) in [6.07, 6.45) is 1.09. The van der Waals surface area contributed by atoms with Crippen molar-refractivity contribution in [1.82, 2.24) is 15.2 Å². The first-order valence-corrected chi connectivity index (χ1v) is 8.47. The fourth-order valence-corrected chi connectivity index (χ4v) is 4.05. The minimum atomic E-state index is 0.508. The third kappa shape index (κ3) is 3.51. The molecule has 1 N–H and O–H groups in total. The monoisotopic (exact) mass is 301 g/mol. The molecule has 0 spiro atoms. The Bertz CT molecular complexity index is 579. The molecule has 1 aliphatic heterocycles. The molecule has 0 saturated carbocycles.